The van der Waals surface area contributed by atoms with Crippen LogP contribution in [-0.4, -0.2) is 56.5 Å². The summed E-state index contributed by atoms with van der Waals surface area (Å²) in [5.74, 6) is 3.23. The van der Waals surface area contributed by atoms with E-state index in [0.29, 0.717) is 43.6 Å². The number of hydrogen-bond acceptors (Lipinski definition) is 6. The van der Waals surface area contributed by atoms with Gasteiger partial charge in [-0.05, 0) is 67.3 Å². The summed E-state index contributed by atoms with van der Waals surface area (Å²) >= 11 is 0. The molecule has 0 spiro atoms. The molecule has 1 aliphatic heterocycles. The van der Waals surface area contributed by atoms with Gasteiger partial charge < -0.3 is 19.9 Å². The van der Waals surface area contributed by atoms with Crippen LogP contribution in [0.2, 0.25) is 0 Å². The van der Waals surface area contributed by atoms with Crippen molar-refractivity contribution in [3.05, 3.63) is 28.4 Å². The van der Waals surface area contributed by atoms with E-state index >= 15 is 0 Å². The molecule has 2 aromatic heterocycles. The van der Waals surface area contributed by atoms with Crippen molar-refractivity contribution < 1.29 is 9.72 Å². The second-order valence-electron chi connectivity index (χ2n) is 9.81. The van der Waals surface area contributed by atoms with Gasteiger partial charge in [0, 0.05) is 32.2 Å². The van der Waals surface area contributed by atoms with E-state index in [1.54, 1.807) is 6.07 Å². The maximum atomic E-state index is 13.6. The molecular weight excluding hydrogens is 384 g/mol. The van der Waals surface area contributed by atoms with Crippen molar-refractivity contribution in [3.63, 3.8) is 0 Å². The third-order valence-corrected chi connectivity index (χ3v) is 7.90. The van der Waals surface area contributed by atoms with Crippen LogP contribution < -0.4 is 4.90 Å². The van der Waals surface area contributed by atoms with Crippen LogP contribution >= 0.6 is 0 Å². The van der Waals surface area contributed by atoms with Gasteiger partial charge in [-0.25, -0.2) is 4.98 Å². The predicted octanol–water partition coefficient (Wildman–Crippen LogP) is 2.50. The molecule has 7 rings (SSSR count). The maximum absolute atomic E-state index is 13.6. The van der Waals surface area contributed by atoms with Gasteiger partial charge in [0.05, 0.1) is 5.41 Å². The molecule has 1 amide bonds. The molecule has 0 radical (unpaired) electrons. The van der Waals surface area contributed by atoms with Crippen molar-refractivity contribution in [2.24, 2.45) is 23.2 Å². The zero-order valence-corrected chi connectivity index (χ0v) is 16.9. The number of fused-ring (bicyclic) bond motifs is 1. The lowest BCUT2D eigenvalue weighted by molar-refractivity contribution is -0.391. The lowest BCUT2D eigenvalue weighted by Crippen LogP contribution is -2.58. The van der Waals surface area contributed by atoms with E-state index < -0.39 is 4.92 Å². The molecule has 4 saturated carbocycles. The number of piperazine rings is 1. The molecular formula is C21H26N6O3. The first-order valence-electron chi connectivity index (χ1n) is 11.0. The minimum absolute atomic E-state index is 0.0918. The van der Waals surface area contributed by atoms with Gasteiger partial charge in [-0.3, -0.25) is 4.79 Å². The Morgan fingerprint density at radius 2 is 1.67 bits per heavy atom. The summed E-state index contributed by atoms with van der Waals surface area (Å²) in [6.07, 6.45) is 8.55. The van der Waals surface area contributed by atoms with E-state index in [1.165, 1.54) is 30.0 Å². The number of nitro groups is 1. The van der Waals surface area contributed by atoms with Gasteiger partial charge in [-0.1, -0.05) is 9.61 Å². The lowest BCUT2D eigenvalue weighted by atomic mass is 9.49. The molecule has 0 unspecified atom stereocenters. The van der Waals surface area contributed by atoms with E-state index in [0.717, 1.165) is 37.0 Å². The summed E-state index contributed by atoms with van der Waals surface area (Å²) in [5.41, 5.74) is 0.368. The molecule has 2 aromatic rings. The standard InChI is InChI=1S/C21H26N6O3/c28-20(21-10-14-7-15(11-21)9-16(8-14)12-21)25-5-3-24(4-6-25)18-2-1-17-22-13-19(27(29)30)26(17)23-18/h1-2,13-16H,3-12H2. The van der Waals surface area contributed by atoms with E-state index in [2.05, 4.69) is 19.9 Å². The van der Waals surface area contributed by atoms with Gasteiger partial charge >= 0.3 is 5.82 Å². The number of rotatable bonds is 3. The summed E-state index contributed by atoms with van der Waals surface area (Å²) < 4.78 is 1.28. The molecule has 1 saturated heterocycles. The second-order valence-corrected chi connectivity index (χ2v) is 9.81. The number of carbonyl (C=O) groups is 1. The number of amides is 1. The Morgan fingerprint density at radius 3 is 2.27 bits per heavy atom. The summed E-state index contributed by atoms with van der Waals surface area (Å²) in [7, 11) is 0. The van der Waals surface area contributed by atoms with Gasteiger partial charge in [0.2, 0.25) is 11.6 Å². The molecule has 9 nitrogen and oxygen atoms in total. The van der Waals surface area contributed by atoms with E-state index in [-0.39, 0.29) is 11.2 Å². The number of anilines is 1. The minimum Gasteiger partial charge on any atom is -0.358 e. The van der Waals surface area contributed by atoms with Crippen molar-refractivity contribution in [3.8, 4) is 0 Å². The second kappa shape index (κ2) is 6.39. The fraction of sp³-hybridized carbons (Fsp3) is 0.667. The summed E-state index contributed by atoms with van der Waals surface area (Å²) in [6.45, 7) is 2.76. The highest BCUT2D eigenvalue weighted by atomic mass is 16.6. The highest BCUT2D eigenvalue weighted by molar-refractivity contribution is 5.83. The zero-order chi connectivity index (χ0) is 20.5. The third-order valence-electron chi connectivity index (χ3n) is 7.90. The maximum Gasteiger partial charge on any atom is 0.368 e. The van der Waals surface area contributed by atoms with Crippen molar-refractivity contribution in [2.75, 3.05) is 31.1 Å². The Kier molecular flexibility index (Phi) is 3.85. The molecule has 158 valence electrons. The zero-order valence-electron chi connectivity index (χ0n) is 16.9. The number of hydrogen-bond donors (Lipinski definition) is 0. The topological polar surface area (TPSA) is 96.9 Å². The number of aromatic nitrogens is 3. The highest BCUT2D eigenvalue weighted by Crippen LogP contribution is 2.60. The molecule has 9 heteroatoms. The smallest absolute Gasteiger partial charge is 0.358 e. The molecule has 5 aliphatic rings. The van der Waals surface area contributed by atoms with Crippen LogP contribution in [0.4, 0.5) is 11.6 Å². The molecule has 0 aromatic carbocycles. The third kappa shape index (κ3) is 2.70. The van der Waals surface area contributed by atoms with Crippen molar-refractivity contribution >= 4 is 23.2 Å². The van der Waals surface area contributed by atoms with Crippen molar-refractivity contribution in [2.45, 2.75) is 38.5 Å². The van der Waals surface area contributed by atoms with Gasteiger partial charge in [-0.2, -0.15) is 0 Å². The Balaban J connectivity index is 1.17. The molecule has 4 aliphatic carbocycles. The van der Waals surface area contributed by atoms with Crippen LogP contribution in [0, 0.1) is 33.3 Å². The van der Waals surface area contributed by atoms with Gasteiger partial charge in [-0.15, -0.1) is 0 Å². The number of imidazole rings is 1. The molecule has 0 atom stereocenters. The Labute approximate surface area is 174 Å². The summed E-state index contributed by atoms with van der Waals surface area (Å²) in [4.78, 5) is 32.5. The predicted molar refractivity (Wildman–Crippen MR) is 109 cm³/mol. The molecule has 0 N–H and O–H groups in total. The van der Waals surface area contributed by atoms with Crippen molar-refractivity contribution in [1.82, 2.24) is 19.5 Å². The number of carbonyl (C=O) groups excluding carboxylic acids is 1. The Hall–Kier alpha value is -2.71. The van der Waals surface area contributed by atoms with Crippen LogP contribution in [0.5, 0.6) is 0 Å². The van der Waals surface area contributed by atoms with Crippen LogP contribution in [0.3, 0.4) is 0 Å². The number of nitrogens with zero attached hydrogens (tertiary/aromatic N) is 6. The quantitative estimate of drug-likeness (QED) is 0.570. The Morgan fingerprint density at radius 1 is 1.03 bits per heavy atom. The molecule has 4 bridgehead atoms. The van der Waals surface area contributed by atoms with Gasteiger partial charge in [0.25, 0.3) is 0 Å². The normalized spacial score (nSPS) is 32.7. The summed E-state index contributed by atoms with van der Waals surface area (Å²) in [6, 6.07) is 3.60. The summed E-state index contributed by atoms with van der Waals surface area (Å²) in [5, 5.41) is 15.6. The largest absolute Gasteiger partial charge is 0.368 e. The first kappa shape index (κ1) is 18.1. The molecule has 5 fully saturated rings. The average Bonchev–Trinajstić information content (AvgIpc) is 3.16. The van der Waals surface area contributed by atoms with Crippen LogP contribution in [0.25, 0.3) is 5.65 Å². The minimum atomic E-state index is -0.473. The monoisotopic (exact) mass is 410 g/mol. The van der Waals surface area contributed by atoms with E-state index in [1.807, 2.05) is 6.07 Å². The lowest BCUT2D eigenvalue weighted by Gasteiger charge is -2.57. The fourth-order valence-electron chi connectivity index (χ4n) is 6.99. The molecule has 30 heavy (non-hydrogen) atoms. The van der Waals surface area contributed by atoms with Gasteiger partial charge in [0.15, 0.2) is 5.82 Å². The SMILES string of the molecule is O=C(N1CCN(c2ccc3ncc([N+](=O)[O-])n3n2)CC1)C12CC3CC(CC(C3)C1)C2. The van der Waals surface area contributed by atoms with Gasteiger partial charge in [0.1, 0.15) is 6.20 Å². The average molecular weight is 410 g/mol. The van der Waals surface area contributed by atoms with Crippen molar-refractivity contribution in [1.29, 1.82) is 0 Å². The Bertz CT molecular complexity index is 990. The fourth-order valence-corrected chi connectivity index (χ4v) is 6.99. The van der Waals surface area contributed by atoms with Crippen LogP contribution in [-0.2, 0) is 4.79 Å². The van der Waals surface area contributed by atoms with Crippen LogP contribution in [0.15, 0.2) is 18.3 Å². The molecule has 3 heterocycles. The van der Waals surface area contributed by atoms with E-state index in [9.17, 15) is 14.9 Å². The van der Waals surface area contributed by atoms with E-state index in [4.69, 9.17) is 0 Å². The first-order valence-corrected chi connectivity index (χ1v) is 11.0. The first-order chi connectivity index (χ1) is 14.5. The highest BCUT2D eigenvalue weighted by Gasteiger charge is 2.55. The van der Waals surface area contributed by atoms with Crippen LogP contribution in [0.1, 0.15) is 38.5 Å².